The Morgan fingerprint density at radius 1 is 1.38 bits per heavy atom. The Bertz CT molecular complexity index is 374. The van der Waals surface area contributed by atoms with Crippen LogP contribution in [0.15, 0.2) is 12.4 Å². The van der Waals surface area contributed by atoms with Crippen molar-refractivity contribution in [2.45, 2.75) is 19.6 Å². The Kier molecular flexibility index (Phi) is 3.58. The van der Waals surface area contributed by atoms with Crippen molar-refractivity contribution in [3.8, 4) is 0 Å². The summed E-state index contributed by atoms with van der Waals surface area (Å²) in [5, 5.41) is 10.4. The zero-order valence-electron chi connectivity index (χ0n) is 9.97. The first-order valence-electron chi connectivity index (χ1n) is 4.97. The monoisotopic (exact) mass is 240 g/mol. The second kappa shape index (κ2) is 4.56. The lowest BCUT2D eigenvalue weighted by atomic mass is 10.5. The highest BCUT2D eigenvalue weighted by Crippen LogP contribution is 2.12. The van der Waals surface area contributed by atoms with E-state index in [0.717, 1.165) is 6.17 Å². The van der Waals surface area contributed by atoms with Gasteiger partial charge in [0.25, 0.3) is 0 Å². The maximum atomic E-state index is 10.4. The van der Waals surface area contributed by atoms with E-state index in [1.165, 1.54) is 12.4 Å². The predicted molar refractivity (Wildman–Crippen MR) is 65.3 cm³/mol. The highest BCUT2D eigenvalue weighted by Gasteiger charge is 2.18. The molecule has 0 aliphatic carbocycles. The summed E-state index contributed by atoms with van der Waals surface area (Å²) < 4.78 is 0. The summed E-state index contributed by atoms with van der Waals surface area (Å²) in [4.78, 5) is 19.8. The van der Waals surface area contributed by atoms with E-state index in [-0.39, 0.29) is 5.69 Å². The molecule has 16 heavy (non-hydrogen) atoms. The topological polar surface area (TPSA) is 72.2 Å². The molecule has 0 radical (unpaired) electrons. The molecule has 0 fully saturated rings. The Hall–Kier alpha value is -1.50. The van der Waals surface area contributed by atoms with Crippen molar-refractivity contribution < 1.29 is 4.92 Å². The molecular formula is C9H16N4O2Si. The van der Waals surface area contributed by atoms with E-state index in [4.69, 9.17) is 0 Å². The summed E-state index contributed by atoms with van der Waals surface area (Å²) in [5.41, 5.74) is -0.0786. The molecular weight excluding hydrogens is 224 g/mol. The number of hydrogen-bond acceptors (Lipinski definition) is 5. The molecule has 1 rings (SSSR count). The van der Waals surface area contributed by atoms with Crippen molar-refractivity contribution in [3.05, 3.63) is 22.5 Å². The van der Waals surface area contributed by atoms with Crippen LogP contribution in [0.2, 0.25) is 19.6 Å². The molecule has 0 saturated carbocycles. The number of aromatic nitrogens is 2. The fourth-order valence-corrected chi connectivity index (χ4v) is 2.95. The number of hydrogen-bond donors (Lipinski definition) is 0. The predicted octanol–water partition coefficient (Wildman–Crippen LogP) is 1.70. The molecule has 0 aliphatic heterocycles. The summed E-state index contributed by atoms with van der Waals surface area (Å²) in [5.74, 6) is 0.535. The lowest BCUT2D eigenvalue weighted by Crippen LogP contribution is -2.38. The molecule has 0 amide bonds. The fraction of sp³-hybridized carbons (Fsp3) is 0.556. The molecule has 1 heterocycles. The minimum Gasteiger partial charge on any atom is -0.347 e. The van der Waals surface area contributed by atoms with E-state index in [1.807, 2.05) is 11.9 Å². The summed E-state index contributed by atoms with van der Waals surface area (Å²) in [7, 11) is 0.676. The molecule has 0 saturated heterocycles. The normalized spacial score (nSPS) is 11.2. The zero-order valence-corrected chi connectivity index (χ0v) is 11.0. The molecule has 88 valence electrons. The Morgan fingerprint density at radius 3 is 2.25 bits per heavy atom. The first kappa shape index (κ1) is 12.6. The second-order valence-corrected chi connectivity index (χ2v) is 10.4. The number of nitrogens with zero attached hydrogens (tertiary/aromatic N) is 4. The largest absolute Gasteiger partial charge is 0.347 e. The van der Waals surface area contributed by atoms with E-state index in [0.29, 0.717) is 5.95 Å². The van der Waals surface area contributed by atoms with Crippen LogP contribution in [-0.2, 0) is 0 Å². The molecule has 1 aromatic heterocycles. The van der Waals surface area contributed by atoms with E-state index in [9.17, 15) is 10.1 Å². The third kappa shape index (κ3) is 3.57. The molecule has 0 unspecified atom stereocenters. The van der Waals surface area contributed by atoms with Gasteiger partial charge in [-0.3, -0.25) is 10.1 Å². The first-order chi connectivity index (χ1) is 7.29. The van der Waals surface area contributed by atoms with Crippen LogP contribution in [0.4, 0.5) is 11.6 Å². The standard InChI is InChI=1S/C9H16N4O2Si/c1-12(7-16(2,3)4)9-10-5-8(6-11-9)13(14)15/h5-6H,7H2,1-4H3. The van der Waals surface area contributed by atoms with Crippen molar-refractivity contribution in [3.63, 3.8) is 0 Å². The quantitative estimate of drug-likeness (QED) is 0.455. The maximum absolute atomic E-state index is 10.4. The molecule has 0 atom stereocenters. The number of nitro groups is 1. The van der Waals surface area contributed by atoms with Crippen LogP contribution in [0, 0.1) is 10.1 Å². The van der Waals surface area contributed by atoms with Gasteiger partial charge in [-0.15, -0.1) is 0 Å². The average Bonchev–Trinajstić information content (AvgIpc) is 2.15. The lowest BCUT2D eigenvalue weighted by Gasteiger charge is -2.24. The third-order valence-electron chi connectivity index (χ3n) is 1.89. The lowest BCUT2D eigenvalue weighted by molar-refractivity contribution is -0.385. The molecule has 0 aromatic carbocycles. The van der Waals surface area contributed by atoms with Crippen molar-refractivity contribution in [1.82, 2.24) is 9.97 Å². The maximum Gasteiger partial charge on any atom is 0.305 e. The van der Waals surface area contributed by atoms with Crippen molar-refractivity contribution in [2.24, 2.45) is 0 Å². The van der Waals surface area contributed by atoms with Crippen LogP contribution < -0.4 is 4.90 Å². The molecule has 7 heteroatoms. The van der Waals surface area contributed by atoms with Gasteiger partial charge in [-0.1, -0.05) is 19.6 Å². The van der Waals surface area contributed by atoms with Gasteiger partial charge in [0.1, 0.15) is 12.4 Å². The minimum atomic E-state index is -1.23. The number of anilines is 1. The van der Waals surface area contributed by atoms with E-state index in [2.05, 4.69) is 29.6 Å². The van der Waals surface area contributed by atoms with Gasteiger partial charge in [0.2, 0.25) is 5.95 Å². The van der Waals surface area contributed by atoms with Gasteiger partial charge in [0.05, 0.1) is 13.0 Å². The van der Waals surface area contributed by atoms with Gasteiger partial charge in [-0.05, 0) is 0 Å². The van der Waals surface area contributed by atoms with Gasteiger partial charge in [-0.2, -0.15) is 0 Å². The molecule has 0 aliphatic rings. The average molecular weight is 240 g/mol. The summed E-state index contributed by atoms with van der Waals surface area (Å²) in [6.45, 7) is 6.73. The van der Waals surface area contributed by atoms with Crippen LogP contribution in [0.5, 0.6) is 0 Å². The van der Waals surface area contributed by atoms with Crippen molar-refractivity contribution >= 4 is 19.7 Å². The fourth-order valence-electron chi connectivity index (χ4n) is 1.39. The first-order valence-corrected chi connectivity index (χ1v) is 8.68. The SMILES string of the molecule is CN(C[Si](C)(C)C)c1ncc([N+](=O)[O-])cn1. The zero-order chi connectivity index (χ0) is 12.3. The Morgan fingerprint density at radius 2 is 1.88 bits per heavy atom. The van der Waals surface area contributed by atoms with Crippen LogP contribution >= 0.6 is 0 Å². The Labute approximate surface area is 95.5 Å². The van der Waals surface area contributed by atoms with E-state index < -0.39 is 13.0 Å². The molecule has 0 spiro atoms. The summed E-state index contributed by atoms with van der Waals surface area (Å²) in [6, 6.07) is 0. The minimum absolute atomic E-state index is 0.0786. The van der Waals surface area contributed by atoms with Crippen molar-refractivity contribution in [2.75, 3.05) is 18.1 Å². The molecule has 6 nitrogen and oxygen atoms in total. The highest BCUT2D eigenvalue weighted by molar-refractivity contribution is 6.76. The Balaban J connectivity index is 2.78. The molecule has 0 N–H and O–H groups in total. The van der Waals surface area contributed by atoms with Crippen LogP contribution in [0.25, 0.3) is 0 Å². The van der Waals surface area contributed by atoms with Crippen molar-refractivity contribution in [1.29, 1.82) is 0 Å². The third-order valence-corrected chi connectivity index (χ3v) is 3.31. The van der Waals surface area contributed by atoms with Gasteiger partial charge in [-0.25, -0.2) is 9.97 Å². The molecule has 0 bridgehead atoms. The van der Waals surface area contributed by atoms with E-state index in [1.54, 1.807) is 0 Å². The van der Waals surface area contributed by atoms with Gasteiger partial charge in [0.15, 0.2) is 0 Å². The number of rotatable bonds is 4. The van der Waals surface area contributed by atoms with Gasteiger partial charge >= 0.3 is 5.69 Å². The van der Waals surface area contributed by atoms with Crippen LogP contribution in [0.1, 0.15) is 0 Å². The van der Waals surface area contributed by atoms with Gasteiger partial charge in [0, 0.05) is 13.2 Å². The van der Waals surface area contributed by atoms with E-state index >= 15 is 0 Å². The second-order valence-electron chi connectivity index (χ2n) is 4.92. The smallest absolute Gasteiger partial charge is 0.305 e. The van der Waals surface area contributed by atoms with Crippen LogP contribution in [-0.4, -0.2) is 36.2 Å². The summed E-state index contributed by atoms with van der Waals surface area (Å²) in [6.07, 6.45) is 3.40. The highest BCUT2D eigenvalue weighted by atomic mass is 28.3. The van der Waals surface area contributed by atoms with Gasteiger partial charge < -0.3 is 4.90 Å². The molecule has 1 aromatic rings. The summed E-state index contributed by atoms with van der Waals surface area (Å²) >= 11 is 0. The van der Waals surface area contributed by atoms with Crippen LogP contribution in [0.3, 0.4) is 0 Å².